The van der Waals surface area contributed by atoms with Gasteiger partial charge in [-0.3, -0.25) is 19.7 Å². The summed E-state index contributed by atoms with van der Waals surface area (Å²) in [6, 6.07) is 4.13. The number of hydrogen-bond donors (Lipinski definition) is 2. The van der Waals surface area contributed by atoms with Gasteiger partial charge in [-0.25, -0.2) is 24.3 Å². The SMILES string of the molecule is C=CCOC(=O)N1c2cc(OCCCC(=O)Nc3cc(C(=O)Nc4nc(C(=O)Oc5nc(C(=O)OC)cs5)cs4)n(C)c3)c(OC)cc2C(=O)N2CCC[C@H]2C1OC1CCCCO1. The summed E-state index contributed by atoms with van der Waals surface area (Å²) in [4.78, 5) is 89.4. The second kappa shape index (κ2) is 20.2. The molecule has 2 fully saturated rings. The van der Waals surface area contributed by atoms with E-state index in [4.69, 9.17) is 28.4 Å². The van der Waals surface area contributed by atoms with Crippen molar-refractivity contribution in [2.75, 3.05) is 56.1 Å². The van der Waals surface area contributed by atoms with Crippen LogP contribution in [0.3, 0.4) is 0 Å². The molecule has 0 radical (unpaired) electrons. The van der Waals surface area contributed by atoms with Crippen LogP contribution < -0.4 is 29.7 Å². The van der Waals surface area contributed by atoms with Gasteiger partial charge in [0.25, 0.3) is 17.0 Å². The van der Waals surface area contributed by atoms with Crippen LogP contribution in [0.15, 0.2) is 47.8 Å². The molecule has 6 heterocycles. The summed E-state index contributed by atoms with van der Waals surface area (Å²) < 4.78 is 41.0. The molecule has 3 aliphatic heterocycles. The van der Waals surface area contributed by atoms with Crippen molar-refractivity contribution in [3.63, 3.8) is 0 Å². The van der Waals surface area contributed by atoms with Crippen molar-refractivity contribution in [2.24, 2.45) is 7.05 Å². The highest BCUT2D eigenvalue weighted by Crippen LogP contribution is 2.43. The van der Waals surface area contributed by atoms with Crippen LogP contribution in [0.2, 0.25) is 0 Å². The molecule has 0 bridgehead atoms. The van der Waals surface area contributed by atoms with E-state index in [1.54, 1.807) is 30.3 Å². The summed E-state index contributed by atoms with van der Waals surface area (Å²) in [5, 5.41) is 8.24. The van der Waals surface area contributed by atoms with E-state index >= 15 is 0 Å². The Morgan fingerprint density at radius 1 is 0.984 bits per heavy atom. The summed E-state index contributed by atoms with van der Waals surface area (Å²) in [6.45, 7) is 4.67. The number of methoxy groups -OCH3 is 2. The molecule has 334 valence electrons. The molecule has 2 saturated heterocycles. The zero-order chi connectivity index (χ0) is 44.6. The number of esters is 2. The Morgan fingerprint density at radius 2 is 1.79 bits per heavy atom. The maximum absolute atomic E-state index is 14.1. The molecule has 3 aromatic heterocycles. The molecular weight excluding hydrogens is 863 g/mol. The van der Waals surface area contributed by atoms with Crippen molar-refractivity contribution >= 4 is 74.9 Å². The minimum atomic E-state index is -0.912. The molecule has 3 atom stereocenters. The molecule has 7 rings (SSSR count). The molecule has 2 N–H and O–H groups in total. The van der Waals surface area contributed by atoms with Crippen LogP contribution in [0, 0.1) is 0 Å². The Hall–Kier alpha value is -6.36. The van der Waals surface area contributed by atoms with Crippen molar-refractivity contribution in [3.05, 3.63) is 70.5 Å². The number of ether oxygens (including phenoxy) is 7. The fourth-order valence-corrected chi connectivity index (χ4v) is 8.55. The lowest BCUT2D eigenvalue weighted by Crippen LogP contribution is -2.54. The summed E-state index contributed by atoms with van der Waals surface area (Å²) in [5.74, 6) is -2.20. The van der Waals surface area contributed by atoms with E-state index in [-0.39, 0.29) is 88.0 Å². The number of nitrogens with zero attached hydrogens (tertiary/aromatic N) is 5. The molecular formula is C41H45N7O13S2. The van der Waals surface area contributed by atoms with E-state index in [9.17, 15) is 28.8 Å². The average molecular weight is 908 g/mol. The second-order valence-electron chi connectivity index (χ2n) is 14.4. The third-order valence-electron chi connectivity index (χ3n) is 10.2. The normalized spacial score (nSPS) is 18.1. The summed E-state index contributed by atoms with van der Waals surface area (Å²) in [5.41, 5.74) is 0.910. The smallest absolute Gasteiger partial charge is 0.416 e. The number of aryl methyl sites for hydroxylation is 1. The first-order valence-corrected chi connectivity index (χ1v) is 21.7. The van der Waals surface area contributed by atoms with Crippen LogP contribution in [0.25, 0.3) is 0 Å². The first kappa shape index (κ1) is 44.7. The van der Waals surface area contributed by atoms with E-state index in [1.165, 1.54) is 46.6 Å². The lowest BCUT2D eigenvalue weighted by molar-refractivity contribution is -0.195. The standard InChI is InChI=1S/C41H45N7O13S2/c1-5-14-59-41(54)48-28-19-31(30(55-3)18-24(28)35(51)47-13-8-10-27(47)36(48)60-33-12-6-7-15-58-33)57-16-9-11-32(49)42-23-17-29(46(2)20-23)34(50)45-39-43-26(21-62-39)38(53)61-40-44-25(22-63-40)37(52)56-4/h5,17-22,27,33,36H,1,6-16H2,2-4H3,(H,42,49)(H,43,45,50)/t27-,33?,36?/m0/s1. The van der Waals surface area contributed by atoms with Crippen LogP contribution in [-0.2, 0) is 30.8 Å². The van der Waals surface area contributed by atoms with Crippen LogP contribution in [-0.4, -0.2) is 114 Å². The number of thiazole rings is 2. The molecule has 4 aromatic rings. The van der Waals surface area contributed by atoms with Gasteiger partial charge in [0.2, 0.25) is 5.91 Å². The van der Waals surface area contributed by atoms with Crippen molar-refractivity contribution in [3.8, 4) is 16.7 Å². The molecule has 1 aromatic carbocycles. The number of hydrogen-bond acceptors (Lipinski definition) is 17. The van der Waals surface area contributed by atoms with Gasteiger partial charge in [-0.2, -0.15) is 4.98 Å². The number of benzene rings is 1. The van der Waals surface area contributed by atoms with Gasteiger partial charge in [-0.05, 0) is 50.7 Å². The predicted octanol–water partition coefficient (Wildman–Crippen LogP) is 5.62. The monoisotopic (exact) mass is 907 g/mol. The third-order valence-corrected chi connectivity index (χ3v) is 11.7. The lowest BCUT2D eigenvalue weighted by Gasteiger charge is -2.38. The van der Waals surface area contributed by atoms with Gasteiger partial charge < -0.3 is 47.9 Å². The van der Waals surface area contributed by atoms with Gasteiger partial charge in [0.15, 0.2) is 40.5 Å². The summed E-state index contributed by atoms with van der Waals surface area (Å²) in [6.07, 6.45) is 4.89. The Labute approximate surface area is 369 Å². The van der Waals surface area contributed by atoms with Gasteiger partial charge in [-0.15, -0.1) is 11.3 Å². The van der Waals surface area contributed by atoms with E-state index in [0.29, 0.717) is 31.7 Å². The zero-order valence-electron chi connectivity index (χ0n) is 34.6. The van der Waals surface area contributed by atoms with Crippen molar-refractivity contribution in [2.45, 2.75) is 63.5 Å². The minimum absolute atomic E-state index is 0.00757. The fraction of sp³-hybridized carbons (Fsp3) is 0.415. The highest BCUT2D eigenvalue weighted by molar-refractivity contribution is 7.14. The molecule has 3 aliphatic rings. The number of carbonyl (C=O) groups excluding carboxylic acids is 6. The van der Waals surface area contributed by atoms with Crippen molar-refractivity contribution < 1.29 is 61.9 Å². The molecule has 0 aliphatic carbocycles. The number of rotatable bonds is 16. The molecule has 63 heavy (non-hydrogen) atoms. The lowest BCUT2D eigenvalue weighted by atomic mass is 10.1. The number of fused-ring (bicyclic) bond motifs is 2. The number of aromatic nitrogens is 3. The Bertz CT molecular complexity index is 2370. The Morgan fingerprint density at radius 3 is 2.56 bits per heavy atom. The predicted molar refractivity (Wildman–Crippen MR) is 227 cm³/mol. The topological polar surface area (TPSA) is 228 Å². The maximum atomic E-state index is 14.1. The quantitative estimate of drug-likeness (QED) is 0.0790. The minimum Gasteiger partial charge on any atom is -0.493 e. The van der Waals surface area contributed by atoms with Gasteiger partial charge in [0.1, 0.15) is 12.3 Å². The number of amides is 4. The van der Waals surface area contributed by atoms with Gasteiger partial charge >= 0.3 is 18.0 Å². The largest absolute Gasteiger partial charge is 0.493 e. The molecule has 2 unspecified atom stereocenters. The molecule has 4 amide bonds. The van der Waals surface area contributed by atoms with Crippen molar-refractivity contribution in [1.82, 2.24) is 19.4 Å². The summed E-state index contributed by atoms with van der Waals surface area (Å²) >= 11 is 1.93. The van der Waals surface area contributed by atoms with E-state index < -0.39 is 42.5 Å². The van der Waals surface area contributed by atoms with Gasteiger partial charge in [0, 0.05) is 49.6 Å². The molecule has 0 spiro atoms. The van der Waals surface area contributed by atoms with Crippen LogP contribution in [0.4, 0.5) is 21.3 Å². The van der Waals surface area contributed by atoms with Crippen LogP contribution in [0.5, 0.6) is 16.7 Å². The molecule has 0 saturated carbocycles. The van der Waals surface area contributed by atoms with Crippen LogP contribution >= 0.6 is 22.7 Å². The first-order valence-electron chi connectivity index (χ1n) is 20.0. The summed E-state index contributed by atoms with van der Waals surface area (Å²) in [7, 11) is 4.28. The highest BCUT2D eigenvalue weighted by Gasteiger charge is 2.48. The second-order valence-corrected chi connectivity index (χ2v) is 16.1. The van der Waals surface area contributed by atoms with Crippen molar-refractivity contribution in [1.29, 1.82) is 0 Å². The molecule has 22 heteroatoms. The number of nitrogens with one attached hydrogen (secondary N) is 2. The third kappa shape index (κ3) is 10.3. The Kier molecular flexibility index (Phi) is 14.3. The number of anilines is 3. The molecule has 20 nitrogen and oxygen atoms in total. The van der Waals surface area contributed by atoms with Gasteiger partial charge in [-0.1, -0.05) is 24.0 Å². The number of carbonyl (C=O) groups is 6. The van der Waals surface area contributed by atoms with E-state index in [1.807, 2.05) is 0 Å². The van der Waals surface area contributed by atoms with Crippen LogP contribution in [0.1, 0.15) is 86.8 Å². The van der Waals surface area contributed by atoms with Gasteiger partial charge in [0.05, 0.1) is 43.8 Å². The fourth-order valence-electron chi connectivity index (χ4n) is 7.24. The first-order chi connectivity index (χ1) is 30.5. The zero-order valence-corrected chi connectivity index (χ0v) is 36.3. The maximum Gasteiger partial charge on any atom is 0.416 e. The average Bonchev–Trinajstić information content (AvgIpc) is 4.11. The Balaban J connectivity index is 0.968. The van der Waals surface area contributed by atoms with E-state index in [0.717, 1.165) is 41.9 Å². The highest BCUT2D eigenvalue weighted by atomic mass is 32.1. The van der Waals surface area contributed by atoms with E-state index in [2.05, 4.69) is 31.9 Å².